The molecular weight excluding hydrogens is 364 g/mol. The summed E-state index contributed by atoms with van der Waals surface area (Å²) in [7, 11) is -3.72. The molecule has 1 fully saturated rings. The minimum atomic E-state index is -3.72. The predicted octanol–water partition coefficient (Wildman–Crippen LogP) is 1.31. The van der Waals surface area contributed by atoms with Crippen molar-refractivity contribution in [3.8, 4) is 5.82 Å². The van der Waals surface area contributed by atoms with Crippen LogP contribution in [-0.2, 0) is 10.0 Å². The van der Waals surface area contributed by atoms with Crippen LogP contribution in [0.2, 0.25) is 0 Å². The molecule has 1 aliphatic heterocycles. The van der Waals surface area contributed by atoms with Crippen molar-refractivity contribution in [2.24, 2.45) is 0 Å². The van der Waals surface area contributed by atoms with Gasteiger partial charge in [-0.05, 0) is 30.7 Å². The smallest absolute Gasteiger partial charge is 0.247 e. The molecule has 0 aromatic carbocycles. The van der Waals surface area contributed by atoms with Crippen LogP contribution in [-0.4, -0.2) is 52.1 Å². The number of hydrogen-bond acceptors (Lipinski definition) is 6. The second-order valence-corrected chi connectivity index (χ2v) is 8.17. The van der Waals surface area contributed by atoms with E-state index in [4.69, 9.17) is 0 Å². The lowest BCUT2D eigenvalue weighted by Crippen LogP contribution is -2.48. The Morgan fingerprint density at radius 1 is 1.15 bits per heavy atom. The van der Waals surface area contributed by atoms with Crippen LogP contribution in [0.4, 0.5) is 0 Å². The van der Waals surface area contributed by atoms with Gasteiger partial charge in [-0.1, -0.05) is 12.1 Å². The SMILES string of the molecule is Cc1c(S(=O)(=O)N2CCNCC2c2cccnc2)cnn1-c1ccccn1. The number of nitrogens with one attached hydrogen (secondary N) is 1. The molecule has 27 heavy (non-hydrogen) atoms. The van der Waals surface area contributed by atoms with Crippen molar-refractivity contribution in [2.75, 3.05) is 19.6 Å². The van der Waals surface area contributed by atoms with Crippen LogP contribution >= 0.6 is 0 Å². The van der Waals surface area contributed by atoms with Crippen molar-refractivity contribution < 1.29 is 8.42 Å². The maximum atomic E-state index is 13.4. The van der Waals surface area contributed by atoms with Gasteiger partial charge < -0.3 is 5.32 Å². The summed E-state index contributed by atoms with van der Waals surface area (Å²) in [6, 6.07) is 8.84. The molecule has 140 valence electrons. The van der Waals surface area contributed by atoms with Crippen molar-refractivity contribution >= 4 is 10.0 Å². The lowest BCUT2D eigenvalue weighted by atomic mass is 10.1. The first-order chi connectivity index (χ1) is 13.1. The molecule has 9 heteroatoms. The Hall–Kier alpha value is -2.62. The fourth-order valence-corrected chi connectivity index (χ4v) is 5.07. The number of rotatable bonds is 4. The van der Waals surface area contributed by atoms with E-state index in [1.54, 1.807) is 42.3 Å². The maximum absolute atomic E-state index is 13.4. The lowest BCUT2D eigenvalue weighted by molar-refractivity contribution is 0.271. The molecule has 0 bridgehead atoms. The normalized spacial score (nSPS) is 18.5. The Morgan fingerprint density at radius 2 is 2.04 bits per heavy atom. The van der Waals surface area contributed by atoms with Gasteiger partial charge in [0.05, 0.1) is 17.9 Å². The van der Waals surface area contributed by atoms with Crippen LogP contribution in [0, 0.1) is 6.92 Å². The molecule has 1 N–H and O–H groups in total. The lowest BCUT2D eigenvalue weighted by Gasteiger charge is -2.35. The molecule has 4 heterocycles. The highest BCUT2D eigenvalue weighted by atomic mass is 32.2. The Bertz CT molecular complexity index is 1020. The highest BCUT2D eigenvalue weighted by Crippen LogP contribution is 2.30. The van der Waals surface area contributed by atoms with Gasteiger partial charge in [0.1, 0.15) is 4.90 Å². The van der Waals surface area contributed by atoms with Gasteiger partial charge in [0.2, 0.25) is 10.0 Å². The van der Waals surface area contributed by atoms with E-state index < -0.39 is 10.0 Å². The number of hydrogen-bond donors (Lipinski definition) is 1. The zero-order valence-corrected chi connectivity index (χ0v) is 15.7. The van der Waals surface area contributed by atoms with E-state index in [9.17, 15) is 8.42 Å². The highest BCUT2D eigenvalue weighted by Gasteiger charge is 2.36. The molecule has 3 aromatic heterocycles. The largest absolute Gasteiger partial charge is 0.313 e. The van der Waals surface area contributed by atoms with Gasteiger partial charge in [0.25, 0.3) is 0 Å². The molecule has 3 aromatic rings. The van der Waals surface area contributed by atoms with Crippen LogP contribution < -0.4 is 5.32 Å². The van der Waals surface area contributed by atoms with Crippen molar-refractivity contribution in [2.45, 2.75) is 17.9 Å². The van der Waals surface area contributed by atoms with Gasteiger partial charge >= 0.3 is 0 Å². The minimum Gasteiger partial charge on any atom is -0.313 e. The monoisotopic (exact) mass is 384 g/mol. The van der Waals surface area contributed by atoms with E-state index >= 15 is 0 Å². The first-order valence-corrected chi connectivity index (χ1v) is 10.1. The molecule has 1 unspecified atom stereocenters. The van der Waals surface area contributed by atoms with Crippen LogP contribution in [0.3, 0.4) is 0 Å². The zero-order valence-electron chi connectivity index (χ0n) is 14.9. The molecular formula is C18H20N6O2S. The molecule has 4 rings (SSSR count). The first kappa shape index (κ1) is 17.8. The third-order valence-corrected chi connectivity index (χ3v) is 6.69. The number of nitrogens with zero attached hydrogens (tertiary/aromatic N) is 5. The van der Waals surface area contributed by atoms with Gasteiger partial charge in [-0.3, -0.25) is 4.98 Å². The molecule has 1 saturated heterocycles. The first-order valence-electron chi connectivity index (χ1n) is 8.67. The summed E-state index contributed by atoms with van der Waals surface area (Å²) in [5.74, 6) is 0.584. The highest BCUT2D eigenvalue weighted by molar-refractivity contribution is 7.89. The summed E-state index contributed by atoms with van der Waals surface area (Å²) >= 11 is 0. The summed E-state index contributed by atoms with van der Waals surface area (Å²) in [4.78, 5) is 8.59. The summed E-state index contributed by atoms with van der Waals surface area (Å²) in [5, 5.41) is 7.53. The Morgan fingerprint density at radius 3 is 2.78 bits per heavy atom. The van der Waals surface area contributed by atoms with Crippen LogP contribution in [0.25, 0.3) is 5.82 Å². The Labute approximate surface area is 157 Å². The molecule has 1 aliphatic rings. The summed E-state index contributed by atoms with van der Waals surface area (Å²) in [5.41, 5.74) is 1.40. The molecule has 0 radical (unpaired) electrons. The van der Waals surface area contributed by atoms with Crippen molar-refractivity contribution in [1.29, 1.82) is 0 Å². The molecule has 1 atom stereocenters. The van der Waals surface area contributed by atoms with Gasteiger partial charge in [0.15, 0.2) is 5.82 Å². The van der Waals surface area contributed by atoms with E-state index in [0.717, 1.165) is 5.56 Å². The quantitative estimate of drug-likeness (QED) is 0.729. The van der Waals surface area contributed by atoms with Gasteiger partial charge in [-0.15, -0.1) is 0 Å². The zero-order chi connectivity index (χ0) is 18.9. The standard InChI is InChI=1S/C18H20N6O2S/c1-14-17(13-22-24(14)18-6-2-3-8-21-18)27(25,26)23-10-9-20-12-16(23)15-5-4-7-19-11-15/h2-8,11,13,16,20H,9-10,12H2,1H3. The van der Waals surface area contributed by atoms with Crippen LogP contribution in [0.15, 0.2) is 60.0 Å². The number of piperazine rings is 1. The summed E-state index contributed by atoms with van der Waals surface area (Å²) in [6.07, 6.45) is 6.45. The van der Waals surface area contributed by atoms with Crippen molar-refractivity contribution in [3.63, 3.8) is 0 Å². The van der Waals surface area contributed by atoms with E-state index in [0.29, 0.717) is 31.1 Å². The number of aromatic nitrogens is 4. The second-order valence-electron chi connectivity index (χ2n) is 6.32. The van der Waals surface area contributed by atoms with E-state index in [1.165, 1.54) is 10.5 Å². The van der Waals surface area contributed by atoms with E-state index in [-0.39, 0.29) is 10.9 Å². The molecule has 8 nitrogen and oxygen atoms in total. The Kier molecular flexibility index (Phi) is 4.73. The second kappa shape index (κ2) is 7.18. The maximum Gasteiger partial charge on any atom is 0.247 e. The average molecular weight is 384 g/mol. The fourth-order valence-electron chi connectivity index (χ4n) is 3.31. The van der Waals surface area contributed by atoms with Crippen molar-refractivity contribution in [1.82, 2.24) is 29.4 Å². The van der Waals surface area contributed by atoms with Gasteiger partial charge in [-0.25, -0.2) is 18.1 Å². The topological polar surface area (TPSA) is 93.0 Å². The third-order valence-electron chi connectivity index (χ3n) is 4.68. The van der Waals surface area contributed by atoms with Crippen LogP contribution in [0.1, 0.15) is 17.3 Å². The average Bonchev–Trinajstić information content (AvgIpc) is 3.11. The molecule has 0 amide bonds. The predicted molar refractivity (Wildman–Crippen MR) is 99.8 cm³/mol. The van der Waals surface area contributed by atoms with Gasteiger partial charge in [-0.2, -0.15) is 9.40 Å². The van der Waals surface area contributed by atoms with Crippen LogP contribution in [0.5, 0.6) is 0 Å². The number of sulfonamides is 1. The third kappa shape index (κ3) is 3.25. The minimum absolute atomic E-state index is 0.198. The fraction of sp³-hybridized carbons (Fsp3) is 0.278. The van der Waals surface area contributed by atoms with E-state index in [2.05, 4.69) is 20.4 Å². The van der Waals surface area contributed by atoms with Gasteiger partial charge in [0, 0.05) is 38.2 Å². The summed E-state index contributed by atoms with van der Waals surface area (Å²) < 4.78 is 30.0. The molecule has 0 aliphatic carbocycles. The van der Waals surface area contributed by atoms with Crippen molar-refractivity contribution in [3.05, 3.63) is 66.4 Å². The molecule has 0 spiro atoms. The van der Waals surface area contributed by atoms with E-state index in [1.807, 2.05) is 18.2 Å². The summed E-state index contributed by atoms with van der Waals surface area (Å²) in [6.45, 7) is 3.27. The Balaban J connectivity index is 1.73. The number of pyridine rings is 2. The molecule has 0 saturated carbocycles.